The molecule has 0 spiro atoms. The molecule has 0 unspecified atom stereocenters. The third kappa shape index (κ3) is 3.79. The van der Waals surface area contributed by atoms with E-state index in [2.05, 4.69) is 39.0 Å². The van der Waals surface area contributed by atoms with Crippen molar-refractivity contribution in [1.82, 2.24) is 14.8 Å². The Morgan fingerprint density at radius 1 is 1.05 bits per heavy atom. The van der Waals surface area contributed by atoms with Gasteiger partial charge in [-0.1, -0.05) is 12.1 Å². The number of hydrogen-bond acceptors (Lipinski definition) is 4. The fourth-order valence-electron chi connectivity index (χ4n) is 3.03. The maximum atomic E-state index is 9.05. The van der Waals surface area contributed by atoms with Gasteiger partial charge in [0.25, 0.3) is 0 Å². The molecule has 0 radical (unpaired) electrons. The van der Waals surface area contributed by atoms with Crippen molar-refractivity contribution in [3.05, 3.63) is 42.1 Å². The van der Waals surface area contributed by atoms with E-state index in [1.54, 1.807) is 0 Å². The predicted molar refractivity (Wildman–Crippen MR) is 85.2 cm³/mol. The summed E-state index contributed by atoms with van der Waals surface area (Å²) in [5.74, 6) is 0. The van der Waals surface area contributed by atoms with Gasteiger partial charge in [-0.3, -0.25) is 14.8 Å². The van der Waals surface area contributed by atoms with Gasteiger partial charge in [0.1, 0.15) is 0 Å². The summed E-state index contributed by atoms with van der Waals surface area (Å²) in [7, 11) is 0. The van der Waals surface area contributed by atoms with Crippen LogP contribution in [0.4, 0.5) is 0 Å². The number of benzene rings is 1. The number of pyridine rings is 1. The van der Waals surface area contributed by atoms with E-state index < -0.39 is 0 Å². The van der Waals surface area contributed by atoms with Gasteiger partial charge < -0.3 is 5.11 Å². The Morgan fingerprint density at radius 3 is 2.81 bits per heavy atom. The molecule has 112 valence electrons. The molecule has 0 aliphatic carbocycles. The molecule has 1 aromatic heterocycles. The third-order valence-corrected chi connectivity index (χ3v) is 4.17. The van der Waals surface area contributed by atoms with Crippen LogP contribution in [0.1, 0.15) is 12.0 Å². The lowest BCUT2D eigenvalue weighted by molar-refractivity contribution is 0.196. The molecule has 2 aromatic rings. The zero-order chi connectivity index (χ0) is 14.5. The smallest absolute Gasteiger partial charge is 0.0702 e. The third-order valence-electron chi connectivity index (χ3n) is 4.17. The van der Waals surface area contributed by atoms with Crippen molar-refractivity contribution >= 4 is 10.9 Å². The van der Waals surface area contributed by atoms with Crippen LogP contribution in [0.5, 0.6) is 0 Å². The second-order valence-electron chi connectivity index (χ2n) is 5.73. The van der Waals surface area contributed by atoms with Crippen molar-refractivity contribution in [2.45, 2.75) is 13.0 Å². The molecule has 0 saturated carbocycles. The molecule has 1 aliphatic heterocycles. The molecule has 1 aromatic carbocycles. The average Bonchev–Trinajstić information content (AvgIpc) is 2.73. The topological polar surface area (TPSA) is 39.6 Å². The predicted octanol–water partition coefficient (Wildman–Crippen LogP) is 1.73. The van der Waals surface area contributed by atoms with Crippen molar-refractivity contribution in [2.24, 2.45) is 0 Å². The highest BCUT2D eigenvalue weighted by Crippen LogP contribution is 2.15. The van der Waals surface area contributed by atoms with Gasteiger partial charge in [0.2, 0.25) is 0 Å². The van der Waals surface area contributed by atoms with Crippen molar-refractivity contribution < 1.29 is 5.11 Å². The Morgan fingerprint density at radius 2 is 1.90 bits per heavy atom. The average molecular weight is 285 g/mol. The first kappa shape index (κ1) is 14.4. The molecule has 1 fully saturated rings. The zero-order valence-electron chi connectivity index (χ0n) is 12.4. The van der Waals surface area contributed by atoms with Gasteiger partial charge in [0.15, 0.2) is 0 Å². The molecule has 1 aliphatic rings. The van der Waals surface area contributed by atoms with E-state index in [0.29, 0.717) is 0 Å². The number of β-amino-alcohol motifs (C(OH)–C–C–N with tert-alkyl or cyclic N) is 1. The number of aliphatic hydroxyl groups excluding tert-OH is 1. The lowest BCUT2D eigenvalue weighted by Gasteiger charge is -2.21. The number of aromatic nitrogens is 1. The van der Waals surface area contributed by atoms with E-state index in [4.69, 9.17) is 5.11 Å². The molecule has 1 N–H and O–H groups in total. The van der Waals surface area contributed by atoms with Crippen LogP contribution in [-0.2, 0) is 6.54 Å². The summed E-state index contributed by atoms with van der Waals surface area (Å²) in [4.78, 5) is 9.23. The number of nitrogens with zero attached hydrogens (tertiary/aromatic N) is 3. The van der Waals surface area contributed by atoms with Crippen LogP contribution in [0, 0.1) is 0 Å². The molecular formula is C17H23N3O. The summed E-state index contributed by atoms with van der Waals surface area (Å²) < 4.78 is 0. The SMILES string of the molecule is OCCN1CCCN(Cc2ccc3ncccc3c2)CC1. The van der Waals surface area contributed by atoms with E-state index in [0.717, 1.165) is 44.8 Å². The van der Waals surface area contributed by atoms with Crippen LogP contribution >= 0.6 is 0 Å². The lowest BCUT2D eigenvalue weighted by atomic mass is 10.1. The Hall–Kier alpha value is -1.49. The molecule has 21 heavy (non-hydrogen) atoms. The van der Waals surface area contributed by atoms with Crippen LogP contribution in [0.25, 0.3) is 10.9 Å². The second kappa shape index (κ2) is 6.98. The summed E-state index contributed by atoms with van der Waals surface area (Å²) in [6, 6.07) is 10.7. The quantitative estimate of drug-likeness (QED) is 0.929. The minimum absolute atomic E-state index is 0.262. The van der Waals surface area contributed by atoms with Crippen molar-refractivity contribution in [2.75, 3.05) is 39.3 Å². The standard InChI is InChI=1S/C17H23N3O/c21-12-11-19-7-2-8-20(10-9-19)14-15-4-5-17-16(13-15)3-1-6-18-17/h1,3-6,13,21H,2,7-12,14H2. The fourth-order valence-corrected chi connectivity index (χ4v) is 3.03. The Kier molecular flexibility index (Phi) is 4.80. The Bertz CT molecular complexity index is 587. The maximum absolute atomic E-state index is 9.05. The minimum Gasteiger partial charge on any atom is -0.395 e. The molecule has 4 heteroatoms. The number of aliphatic hydroxyl groups is 1. The van der Waals surface area contributed by atoms with Crippen LogP contribution < -0.4 is 0 Å². The highest BCUT2D eigenvalue weighted by Gasteiger charge is 2.14. The molecule has 2 heterocycles. The summed E-state index contributed by atoms with van der Waals surface area (Å²) in [5.41, 5.74) is 2.41. The first-order valence-electron chi connectivity index (χ1n) is 7.74. The zero-order valence-corrected chi connectivity index (χ0v) is 12.4. The van der Waals surface area contributed by atoms with Gasteiger partial charge in [-0.15, -0.1) is 0 Å². The van der Waals surface area contributed by atoms with Gasteiger partial charge in [-0.2, -0.15) is 0 Å². The van der Waals surface area contributed by atoms with Gasteiger partial charge >= 0.3 is 0 Å². The molecule has 0 amide bonds. The van der Waals surface area contributed by atoms with E-state index >= 15 is 0 Å². The summed E-state index contributed by atoms with van der Waals surface area (Å²) in [6.45, 7) is 6.41. The number of rotatable bonds is 4. The highest BCUT2D eigenvalue weighted by atomic mass is 16.3. The normalized spacial score (nSPS) is 18.0. The monoisotopic (exact) mass is 285 g/mol. The van der Waals surface area contributed by atoms with Gasteiger partial charge in [-0.25, -0.2) is 0 Å². The minimum atomic E-state index is 0.262. The summed E-state index contributed by atoms with van der Waals surface area (Å²) in [6.07, 6.45) is 3.02. The van der Waals surface area contributed by atoms with E-state index in [1.807, 2.05) is 12.3 Å². The fraction of sp³-hybridized carbons (Fsp3) is 0.471. The van der Waals surface area contributed by atoms with Gasteiger partial charge in [0, 0.05) is 37.8 Å². The number of hydrogen-bond donors (Lipinski definition) is 1. The van der Waals surface area contributed by atoms with E-state index in [-0.39, 0.29) is 6.61 Å². The van der Waals surface area contributed by atoms with Gasteiger partial charge in [-0.05, 0) is 43.3 Å². The van der Waals surface area contributed by atoms with Crippen molar-refractivity contribution in [3.8, 4) is 0 Å². The molecular weight excluding hydrogens is 262 g/mol. The van der Waals surface area contributed by atoms with Gasteiger partial charge in [0.05, 0.1) is 12.1 Å². The number of fused-ring (bicyclic) bond motifs is 1. The van der Waals surface area contributed by atoms with Crippen LogP contribution in [0.2, 0.25) is 0 Å². The summed E-state index contributed by atoms with van der Waals surface area (Å²) >= 11 is 0. The van der Waals surface area contributed by atoms with Crippen molar-refractivity contribution in [1.29, 1.82) is 0 Å². The first-order chi connectivity index (χ1) is 10.3. The van der Waals surface area contributed by atoms with E-state index in [1.165, 1.54) is 17.4 Å². The van der Waals surface area contributed by atoms with Crippen LogP contribution in [0.3, 0.4) is 0 Å². The van der Waals surface area contributed by atoms with E-state index in [9.17, 15) is 0 Å². The summed E-state index contributed by atoms with van der Waals surface area (Å²) in [5, 5.41) is 10.3. The highest BCUT2D eigenvalue weighted by molar-refractivity contribution is 5.78. The first-order valence-corrected chi connectivity index (χ1v) is 7.74. The molecule has 4 nitrogen and oxygen atoms in total. The Labute approximate surface area is 126 Å². The lowest BCUT2D eigenvalue weighted by Crippen LogP contribution is -2.32. The largest absolute Gasteiger partial charge is 0.395 e. The molecule has 3 rings (SSSR count). The second-order valence-corrected chi connectivity index (χ2v) is 5.73. The van der Waals surface area contributed by atoms with Crippen molar-refractivity contribution in [3.63, 3.8) is 0 Å². The van der Waals surface area contributed by atoms with Crippen LogP contribution in [0.15, 0.2) is 36.5 Å². The molecule has 0 atom stereocenters. The Balaban J connectivity index is 1.64. The molecule has 0 bridgehead atoms. The van der Waals surface area contributed by atoms with Crippen LogP contribution in [-0.4, -0.2) is 59.2 Å². The molecule has 1 saturated heterocycles. The maximum Gasteiger partial charge on any atom is 0.0702 e.